The average Bonchev–Trinajstić information content (AvgIpc) is 3.14. The Labute approximate surface area is 139 Å². The lowest BCUT2D eigenvalue weighted by Crippen LogP contribution is -2.44. The van der Waals surface area contributed by atoms with Gasteiger partial charge in [0.2, 0.25) is 5.89 Å². The van der Waals surface area contributed by atoms with Crippen LogP contribution in [0.15, 0.2) is 27.0 Å². The molecule has 4 rings (SSSR count). The number of nitrogens with zero attached hydrogens (tertiary/aromatic N) is 4. The van der Waals surface area contributed by atoms with Gasteiger partial charge in [-0.25, -0.2) is 4.98 Å². The molecule has 0 aliphatic heterocycles. The van der Waals surface area contributed by atoms with Crippen LogP contribution in [-0.4, -0.2) is 19.5 Å². The van der Waals surface area contributed by atoms with Gasteiger partial charge in [0.15, 0.2) is 10.8 Å². The van der Waals surface area contributed by atoms with Gasteiger partial charge >= 0.3 is 0 Å². The van der Waals surface area contributed by atoms with Crippen LogP contribution < -0.4 is 11.3 Å². The van der Waals surface area contributed by atoms with Gasteiger partial charge in [-0.15, -0.1) is 23.1 Å². The van der Waals surface area contributed by atoms with Crippen molar-refractivity contribution in [2.75, 3.05) is 0 Å². The van der Waals surface area contributed by atoms with Crippen LogP contribution in [0.4, 0.5) is 0 Å². The number of rotatable bonds is 5. The van der Waals surface area contributed by atoms with E-state index < -0.39 is 5.54 Å². The fraction of sp³-hybridized carbons (Fsp3) is 0.429. The number of fused-ring (bicyclic) bond motifs is 1. The molecule has 0 amide bonds. The van der Waals surface area contributed by atoms with Crippen molar-refractivity contribution in [3.8, 4) is 0 Å². The zero-order valence-corrected chi connectivity index (χ0v) is 13.9. The van der Waals surface area contributed by atoms with E-state index in [4.69, 9.17) is 10.3 Å². The zero-order valence-electron chi connectivity index (χ0n) is 12.3. The van der Waals surface area contributed by atoms with E-state index >= 15 is 0 Å². The van der Waals surface area contributed by atoms with E-state index in [2.05, 4.69) is 15.1 Å². The first-order valence-electron chi connectivity index (χ1n) is 7.30. The number of aromatic nitrogens is 4. The fourth-order valence-corrected chi connectivity index (χ4v) is 3.99. The monoisotopic (exact) mass is 349 g/mol. The molecule has 120 valence electrons. The molecule has 0 bridgehead atoms. The lowest BCUT2D eigenvalue weighted by Gasteiger charge is -2.34. The van der Waals surface area contributed by atoms with Gasteiger partial charge in [-0.3, -0.25) is 9.20 Å². The third-order valence-electron chi connectivity index (χ3n) is 3.99. The Morgan fingerprint density at radius 2 is 2.26 bits per heavy atom. The van der Waals surface area contributed by atoms with Gasteiger partial charge in [0.05, 0.1) is 17.0 Å². The van der Waals surface area contributed by atoms with Crippen LogP contribution in [0, 0.1) is 0 Å². The molecule has 9 heteroatoms. The third-order valence-corrected chi connectivity index (χ3v) is 5.70. The van der Waals surface area contributed by atoms with Gasteiger partial charge in [0.1, 0.15) is 0 Å². The second-order valence-corrected chi connectivity index (χ2v) is 7.51. The fourth-order valence-electron chi connectivity index (χ4n) is 2.50. The SMILES string of the molecule is NC1(c2noc(CSCc3cc(=O)n4ccsc4n3)n2)CCC1. The van der Waals surface area contributed by atoms with E-state index in [1.807, 2.05) is 5.38 Å². The highest BCUT2D eigenvalue weighted by Crippen LogP contribution is 2.37. The topological polar surface area (TPSA) is 99.3 Å². The molecule has 1 aliphatic rings. The van der Waals surface area contributed by atoms with Crippen LogP contribution in [0.3, 0.4) is 0 Å². The Morgan fingerprint density at radius 3 is 3.04 bits per heavy atom. The summed E-state index contributed by atoms with van der Waals surface area (Å²) in [6.45, 7) is 0. The van der Waals surface area contributed by atoms with Crippen LogP contribution in [0.1, 0.15) is 36.7 Å². The molecule has 7 nitrogen and oxygen atoms in total. The van der Waals surface area contributed by atoms with Crippen LogP contribution in [0.25, 0.3) is 4.96 Å². The first-order valence-corrected chi connectivity index (χ1v) is 9.33. The summed E-state index contributed by atoms with van der Waals surface area (Å²) in [5, 5.41) is 5.84. The molecule has 0 spiro atoms. The van der Waals surface area contributed by atoms with Crippen molar-refractivity contribution in [2.24, 2.45) is 5.73 Å². The highest BCUT2D eigenvalue weighted by atomic mass is 32.2. The number of thiazole rings is 1. The third kappa shape index (κ3) is 2.79. The molecule has 2 N–H and O–H groups in total. The smallest absolute Gasteiger partial charge is 0.258 e. The summed E-state index contributed by atoms with van der Waals surface area (Å²) in [7, 11) is 0. The molecule has 1 fully saturated rings. The van der Waals surface area contributed by atoms with E-state index in [-0.39, 0.29) is 5.56 Å². The summed E-state index contributed by atoms with van der Waals surface area (Å²) in [6.07, 6.45) is 4.67. The maximum absolute atomic E-state index is 11.9. The second-order valence-electron chi connectivity index (χ2n) is 5.66. The van der Waals surface area contributed by atoms with Gasteiger partial charge in [-0.2, -0.15) is 4.98 Å². The second kappa shape index (κ2) is 5.73. The molecule has 1 saturated carbocycles. The molecule has 0 radical (unpaired) electrons. The largest absolute Gasteiger partial charge is 0.338 e. The van der Waals surface area contributed by atoms with Crippen LogP contribution >= 0.6 is 23.1 Å². The normalized spacial score (nSPS) is 16.6. The lowest BCUT2D eigenvalue weighted by atomic mass is 9.77. The summed E-state index contributed by atoms with van der Waals surface area (Å²) in [5.41, 5.74) is 6.49. The van der Waals surface area contributed by atoms with E-state index in [0.717, 1.165) is 25.0 Å². The van der Waals surface area contributed by atoms with E-state index in [1.54, 1.807) is 28.4 Å². The van der Waals surface area contributed by atoms with Crippen molar-refractivity contribution in [2.45, 2.75) is 36.3 Å². The first kappa shape index (κ1) is 14.9. The highest BCUT2D eigenvalue weighted by molar-refractivity contribution is 7.97. The van der Waals surface area contributed by atoms with Crippen LogP contribution in [0.5, 0.6) is 0 Å². The predicted octanol–water partition coefficient (Wildman–Crippen LogP) is 1.91. The minimum Gasteiger partial charge on any atom is -0.338 e. The van der Waals surface area contributed by atoms with E-state index in [1.165, 1.54) is 11.3 Å². The van der Waals surface area contributed by atoms with Gasteiger partial charge in [0, 0.05) is 23.4 Å². The highest BCUT2D eigenvalue weighted by Gasteiger charge is 2.38. The van der Waals surface area contributed by atoms with Gasteiger partial charge in [0.25, 0.3) is 5.56 Å². The summed E-state index contributed by atoms with van der Waals surface area (Å²) in [4.78, 5) is 21.5. The summed E-state index contributed by atoms with van der Waals surface area (Å²) < 4.78 is 6.80. The minimum atomic E-state index is -0.396. The van der Waals surface area contributed by atoms with E-state index in [9.17, 15) is 4.79 Å². The summed E-state index contributed by atoms with van der Waals surface area (Å²) in [5.74, 6) is 2.37. The van der Waals surface area contributed by atoms with Crippen molar-refractivity contribution in [3.63, 3.8) is 0 Å². The Hall–Kier alpha value is -1.71. The predicted molar refractivity (Wildman–Crippen MR) is 88.4 cm³/mol. The molecule has 3 aromatic rings. The van der Waals surface area contributed by atoms with Crippen molar-refractivity contribution in [1.82, 2.24) is 19.5 Å². The van der Waals surface area contributed by atoms with Gasteiger partial charge < -0.3 is 10.3 Å². The maximum atomic E-state index is 11.9. The first-order chi connectivity index (χ1) is 11.1. The molecule has 23 heavy (non-hydrogen) atoms. The van der Waals surface area contributed by atoms with Crippen molar-refractivity contribution in [1.29, 1.82) is 0 Å². The molecule has 0 atom stereocenters. The molecular weight excluding hydrogens is 334 g/mol. The van der Waals surface area contributed by atoms with Gasteiger partial charge in [-0.1, -0.05) is 5.16 Å². The Bertz CT molecular complexity index is 896. The molecule has 1 aliphatic carbocycles. The molecule has 0 saturated heterocycles. The van der Waals surface area contributed by atoms with Crippen molar-refractivity contribution >= 4 is 28.1 Å². The molecule has 3 heterocycles. The zero-order chi connectivity index (χ0) is 15.9. The van der Waals surface area contributed by atoms with Crippen LogP contribution in [0.2, 0.25) is 0 Å². The van der Waals surface area contributed by atoms with Crippen molar-refractivity contribution in [3.05, 3.63) is 45.4 Å². The summed E-state index contributed by atoms with van der Waals surface area (Å²) >= 11 is 3.03. The number of thioether (sulfide) groups is 1. The molecule has 0 aromatic carbocycles. The molecular formula is C14H15N5O2S2. The quantitative estimate of drug-likeness (QED) is 0.751. The standard InChI is InChI=1S/C14H15N5O2S2/c15-14(2-1-3-14)12-17-10(21-18-12)8-22-7-9-6-11(20)19-4-5-23-13(19)16-9/h4-6H,1-3,7-8,15H2. The Kier molecular flexibility index (Phi) is 3.70. The lowest BCUT2D eigenvalue weighted by molar-refractivity contribution is 0.229. The van der Waals surface area contributed by atoms with Crippen LogP contribution in [-0.2, 0) is 17.0 Å². The number of nitrogens with two attached hydrogens (primary N) is 1. The molecule has 0 unspecified atom stereocenters. The molecule has 3 aromatic heterocycles. The Morgan fingerprint density at radius 1 is 1.39 bits per heavy atom. The van der Waals surface area contributed by atoms with Gasteiger partial charge in [-0.05, 0) is 19.3 Å². The van der Waals surface area contributed by atoms with Crippen molar-refractivity contribution < 1.29 is 4.52 Å². The maximum Gasteiger partial charge on any atom is 0.258 e. The summed E-state index contributed by atoms with van der Waals surface area (Å²) in [6, 6.07) is 1.56. The Balaban J connectivity index is 1.40. The number of hydrogen-bond donors (Lipinski definition) is 1. The number of hydrogen-bond acceptors (Lipinski definition) is 8. The minimum absolute atomic E-state index is 0.0537. The van der Waals surface area contributed by atoms with E-state index in [0.29, 0.717) is 28.2 Å². The average molecular weight is 349 g/mol.